The molecule has 2 aromatic heterocycles. The summed E-state index contributed by atoms with van der Waals surface area (Å²) >= 11 is 6.45. The molecule has 2 heterocycles. The summed E-state index contributed by atoms with van der Waals surface area (Å²) in [5.74, 6) is -1.59. The van der Waals surface area contributed by atoms with Gasteiger partial charge >= 0.3 is 5.97 Å². The summed E-state index contributed by atoms with van der Waals surface area (Å²) < 4.78 is 1.76. The van der Waals surface area contributed by atoms with Gasteiger partial charge in [0.25, 0.3) is 11.8 Å². The molecule has 1 saturated carbocycles. The van der Waals surface area contributed by atoms with Gasteiger partial charge in [-0.25, -0.2) is 4.98 Å². The summed E-state index contributed by atoms with van der Waals surface area (Å²) in [6.45, 7) is 0.416. The monoisotopic (exact) mass is 545 g/mol. The number of aromatic nitrogens is 3. The normalized spacial score (nSPS) is 17.1. The first-order chi connectivity index (χ1) is 18.8. The third-order valence-electron chi connectivity index (χ3n) is 7.20. The fourth-order valence-corrected chi connectivity index (χ4v) is 5.23. The minimum Gasteiger partial charge on any atom is -0.481 e. The molecule has 3 N–H and O–H groups in total. The van der Waals surface area contributed by atoms with Crippen molar-refractivity contribution < 1.29 is 19.5 Å². The Labute approximate surface area is 230 Å². The summed E-state index contributed by atoms with van der Waals surface area (Å²) in [7, 11) is 1.57. The first-order valence-corrected chi connectivity index (χ1v) is 13.2. The third kappa shape index (κ3) is 5.63. The van der Waals surface area contributed by atoms with E-state index in [9.17, 15) is 19.5 Å². The zero-order valence-electron chi connectivity index (χ0n) is 21.4. The van der Waals surface area contributed by atoms with E-state index in [2.05, 4.69) is 20.7 Å². The number of halogens is 1. The van der Waals surface area contributed by atoms with Crippen LogP contribution in [-0.4, -0.2) is 50.7 Å². The quantitative estimate of drug-likeness (QED) is 0.313. The van der Waals surface area contributed by atoms with Crippen molar-refractivity contribution in [3.05, 3.63) is 82.6 Å². The van der Waals surface area contributed by atoms with Crippen molar-refractivity contribution in [3.63, 3.8) is 0 Å². The van der Waals surface area contributed by atoms with Crippen molar-refractivity contribution in [3.8, 4) is 11.3 Å². The molecule has 0 aliphatic heterocycles. The fraction of sp³-hybridized carbons (Fsp3) is 0.276. The molecule has 0 saturated heterocycles. The summed E-state index contributed by atoms with van der Waals surface area (Å²) in [4.78, 5) is 40.9. The molecule has 1 aliphatic rings. The smallest absolute Gasteiger partial charge is 0.306 e. The van der Waals surface area contributed by atoms with E-state index in [1.807, 2.05) is 30.3 Å². The van der Waals surface area contributed by atoms with Crippen LogP contribution in [0.3, 0.4) is 0 Å². The highest BCUT2D eigenvalue weighted by molar-refractivity contribution is 6.36. The summed E-state index contributed by atoms with van der Waals surface area (Å²) in [6.07, 6.45) is 4.03. The van der Waals surface area contributed by atoms with Gasteiger partial charge < -0.3 is 15.7 Å². The van der Waals surface area contributed by atoms with Crippen LogP contribution in [0.1, 0.15) is 52.1 Å². The van der Waals surface area contributed by atoms with E-state index in [0.29, 0.717) is 65.1 Å². The number of pyridine rings is 1. The van der Waals surface area contributed by atoms with Crippen LogP contribution in [0.15, 0.2) is 60.8 Å². The average Bonchev–Trinajstić information content (AvgIpc) is 3.38. The lowest BCUT2D eigenvalue weighted by Gasteiger charge is -2.27. The molecule has 5 rings (SSSR count). The lowest BCUT2D eigenvalue weighted by Crippen LogP contribution is -2.38. The predicted octanol–water partition coefficient (Wildman–Crippen LogP) is 4.53. The summed E-state index contributed by atoms with van der Waals surface area (Å²) in [5, 5.41) is 20.6. The number of aliphatic carboxylic acids is 1. The van der Waals surface area contributed by atoms with E-state index >= 15 is 0 Å². The molecule has 39 heavy (non-hydrogen) atoms. The molecule has 0 radical (unpaired) electrons. The maximum atomic E-state index is 13.3. The fourth-order valence-electron chi connectivity index (χ4n) is 5.02. The second-order valence-corrected chi connectivity index (χ2v) is 10.1. The van der Waals surface area contributed by atoms with Gasteiger partial charge in [0.2, 0.25) is 0 Å². The van der Waals surface area contributed by atoms with Crippen molar-refractivity contribution in [1.29, 1.82) is 0 Å². The van der Waals surface area contributed by atoms with E-state index < -0.39 is 5.97 Å². The SMILES string of the molecule is CNC(=O)c1cccc(-c2ccc(Cn3ncc4c(Cl)ccc(C(=O)NC5CCC(C(=O)O)CC5)c43)cc2)n1. The number of carboxylic acid groups (broad SMARTS) is 1. The second-order valence-electron chi connectivity index (χ2n) is 9.70. The number of carbonyl (C=O) groups is 3. The van der Waals surface area contributed by atoms with Gasteiger partial charge in [-0.05, 0) is 55.5 Å². The first kappa shape index (κ1) is 26.4. The molecular weight excluding hydrogens is 518 g/mol. The zero-order valence-corrected chi connectivity index (χ0v) is 22.1. The van der Waals surface area contributed by atoms with E-state index in [1.165, 1.54) is 0 Å². The highest BCUT2D eigenvalue weighted by Gasteiger charge is 2.27. The van der Waals surface area contributed by atoms with Crippen LogP contribution in [0, 0.1) is 5.92 Å². The summed E-state index contributed by atoms with van der Waals surface area (Å²) in [5.41, 5.74) is 3.98. The molecule has 0 atom stereocenters. The Morgan fingerprint density at radius 3 is 2.44 bits per heavy atom. The number of rotatable bonds is 7. The first-order valence-electron chi connectivity index (χ1n) is 12.8. The molecule has 2 aromatic carbocycles. The van der Waals surface area contributed by atoms with Crippen molar-refractivity contribution in [2.75, 3.05) is 7.05 Å². The maximum absolute atomic E-state index is 13.3. The Kier molecular flexibility index (Phi) is 7.60. The number of carbonyl (C=O) groups excluding carboxylic acids is 2. The number of hydrogen-bond donors (Lipinski definition) is 3. The van der Waals surface area contributed by atoms with Crippen molar-refractivity contribution in [2.45, 2.75) is 38.3 Å². The minimum absolute atomic E-state index is 0.0711. The van der Waals surface area contributed by atoms with Crippen molar-refractivity contribution in [1.82, 2.24) is 25.4 Å². The van der Waals surface area contributed by atoms with Gasteiger partial charge in [-0.3, -0.25) is 19.1 Å². The Hall–Kier alpha value is -4.24. The second kappa shape index (κ2) is 11.2. The molecule has 9 nitrogen and oxygen atoms in total. The largest absolute Gasteiger partial charge is 0.481 e. The molecule has 1 aliphatic carbocycles. The highest BCUT2D eigenvalue weighted by Crippen LogP contribution is 2.29. The molecule has 0 bridgehead atoms. The van der Waals surface area contributed by atoms with Crippen LogP contribution in [0.5, 0.6) is 0 Å². The number of nitrogens with one attached hydrogen (secondary N) is 2. The molecule has 0 spiro atoms. The van der Waals surface area contributed by atoms with Gasteiger partial charge in [0.05, 0.1) is 40.5 Å². The van der Waals surface area contributed by atoms with Crippen LogP contribution in [0.4, 0.5) is 0 Å². The van der Waals surface area contributed by atoms with Crippen LogP contribution < -0.4 is 10.6 Å². The summed E-state index contributed by atoms with van der Waals surface area (Å²) in [6, 6.07) is 16.4. The predicted molar refractivity (Wildman–Crippen MR) is 148 cm³/mol. The van der Waals surface area contributed by atoms with Crippen LogP contribution in [0.25, 0.3) is 22.2 Å². The van der Waals surface area contributed by atoms with Gasteiger partial charge in [-0.15, -0.1) is 0 Å². The Bertz CT molecular complexity index is 1540. The van der Waals surface area contributed by atoms with E-state index in [4.69, 9.17) is 11.6 Å². The number of amides is 2. The molecule has 1 fully saturated rings. The Balaban J connectivity index is 1.36. The van der Waals surface area contributed by atoms with E-state index in [0.717, 1.165) is 11.1 Å². The average molecular weight is 546 g/mol. The molecule has 4 aromatic rings. The topological polar surface area (TPSA) is 126 Å². The third-order valence-corrected chi connectivity index (χ3v) is 7.52. The van der Waals surface area contributed by atoms with Gasteiger partial charge in [-0.2, -0.15) is 5.10 Å². The number of nitrogens with zero attached hydrogens (tertiary/aromatic N) is 3. The lowest BCUT2D eigenvalue weighted by atomic mass is 9.86. The number of fused-ring (bicyclic) bond motifs is 1. The lowest BCUT2D eigenvalue weighted by molar-refractivity contribution is -0.142. The van der Waals surface area contributed by atoms with Gasteiger partial charge in [0.15, 0.2) is 0 Å². The molecule has 2 amide bonds. The van der Waals surface area contributed by atoms with Gasteiger partial charge in [0, 0.05) is 24.0 Å². The van der Waals surface area contributed by atoms with Crippen LogP contribution in [-0.2, 0) is 11.3 Å². The highest BCUT2D eigenvalue weighted by atomic mass is 35.5. The standard InChI is InChI=1S/C29H28ClN5O4/c1-31-28(37)25-4-2-3-24(34-25)18-7-5-17(6-8-18)16-35-26-21(13-14-23(30)22(26)15-32-35)27(36)33-20-11-9-19(10-12-20)29(38)39/h2-8,13-15,19-20H,9-12,16H2,1H3,(H,31,37)(H,33,36)(H,38,39). The molecule has 10 heteroatoms. The number of carboxylic acids is 1. The Morgan fingerprint density at radius 1 is 1.00 bits per heavy atom. The number of benzene rings is 2. The Morgan fingerprint density at radius 2 is 1.74 bits per heavy atom. The maximum Gasteiger partial charge on any atom is 0.306 e. The van der Waals surface area contributed by atoms with Crippen molar-refractivity contribution in [2.24, 2.45) is 5.92 Å². The van der Waals surface area contributed by atoms with Crippen LogP contribution in [0.2, 0.25) is 5.02 Å². The number of hydrogen-bond acceptors (Lipinski definition) is 5. The molecule has 200 valence electrons. The van der Waals surface area contributed by atoms with Crippen molar-refractivity contribution >= 4 is 40.3 Å². The molecule has 0 unspecified atom stereocenters. The van der Waals surface area contributed by atoms with Gasteiger partial charge in [0.1, 0.15) is 5.69 Å². The minimum atomic E-state index is -0.773. The van der Waals surface area contributed by atoms with E-state index in [-0.39, 0.29) is 23.8 Å². The van der Waals surface area contributed by atoms with E-state index in [1.54, 1.807) is 42.2 Å². The van der Waals surface area contributed by atoms with Crippen LogP contribution >= 0.6 is 11.6 Å². The molecular formula is C29H28ClN5O4. The van der Waals surface area contributed by atoms with Gasteiger partial charge in [-0.1, -0.05) is 41.9 Å². The zero-order chi connectivity index (χ0) is 27.5.